The first-order valence-corrected chi connectivity index (χ1v) is 7.78. The van der Waals surface area contributed by atoms with Gasteiger partial charge in [-0.3, -0.25) is 9.48 Å². The Hall–Kier alpha value is -2.31. The van der Waals surface area contributed by atoms with Gasteiger partial charge in [0, 0.05) is 49.4 Å². The molecule has 24 heavy (non-hydrogen) atoms. The average molecular weight is 346 g/mol. The second-order valence-electron chi connectivity index (χ2n) is 6.05. The lowest BCUT2D eigenvalue weighted by molar-refractivity contribution is -0.119. The SMILES string of the molecule is Cl.Cn1cc([C@H]2CNC[C@@H]2C(=O)Nc2cccc3[nH]ccc23)cn1. The van der Waals surface area contributed by atoms with E-state index >= 15 is 0 Å². The molecule has 1 aromatic carbocycles. The predicted octanol–water partition coefficient (Wildman–Crippen LogP) is 2.26. The Labute approximate surface area is 146 Å². The van der Waals surface area contributed by atoms with Crippen molar-refractivity contribution >= 4 is 34.9 Å². The molecule has 7 heteroatoms. The van der Waals surface area contributed by atoms with Crippen molar-refractivity contribution in [3.63, 3.8) is 0 Å². The third-order valence-corrected chi connectivity index (χ3v) is 4.56. The number of nitrogens with zero attached hydrogens (tertiary/aromatic N) is 2. The van der Waals surface area contributed by atoms with Gasteiger partial charge in [-0.05, 0) is 23.8 Å². The Kier molecular flexibility index (Phi) is 4.59. The number of halogens is 1. The van der Waals surface area contributed by atoms with Crippen molar-refractivity contribution in [3.05, 3.63) is 48.4 Å². The van der Waals surface area contributed by atoms with Crippen molar-refractivity contribution in [3.8, 4) is 0 Å². The number of benzene rings is 1. The lowest BCUT2D eigenvalue weighted by Gasteiger charge is -2.17. The summed E-state index contributed by atoms with van der Waals surface area (Å²) in [7, 11) is 1.90. The number of hydrogen-bond acceptors (Lipinski definition) is 3. The summed E-state index contributed by atoms with van der Waals surface area (Å²) in [6, 6.07) is 7.87. The van der Waals surface area contributed by atoms with Gasteiger partial charge in [-0.2, -0.15) is 5.10 Å². The van der Waals surface area contributed by atoms with E-state index in [-0.39, 0.29) is 30.2 Å². The molecular weight excluding hydrogens is 326 g/mol. The monoisotopic (exact) mass is 345 g/mol. The highest BCUT2D eigenvalue weighted by Crippen LogP contribution is 2.30. The Bertz CT molecular complexity index is 855. The van der Waals surface area contributed by atoms with Gasteiger partial charge < -0.3 is 15.6 Å². The Morgan fingerprint density at radius 3 is 3.00 bits per heavy atom. The molecule has 1 aliphatic heterocycles. The molecule has 6 nitrogen and oxygen atoms in total. The zero-order valence-electron chi connectivity index (χ0n) is 13.3. The number of aromatic amines is 1. The summed E-state index contributed by atoms with van der Waals surface area (Å²) in [6.45, 7) is 1.49. The van der Waals surface area contributed by atoms with Gasteiger partial charge in [0.15, 0.2) is 0 Å². The number of H-pyrrole nitrogens is 1. The number of amides is 1. The highest BCUT2D eigenvalue weighted by Gasteiger charge is 2.34. The van der Waals surface area contributed by atoms with Crippen molar-refractivity contribution in [1.29, 1.82) is 0 Å². The zero-order chi connectivity index (χ0) is 15.8. The van der Waals surface area contributed by atoms with Crippen LogP contribution in [0.3, 0.4) is 0 Å². The first-order valence-electron chi connectivity index (χ1n) is 7.78. The normalized spacial score (nSPS) is 20.0. The maximum Gasteiger partial charge on any atom is 0.229 e. The molecule has 1 amide bonds. The fourth-order valence-corrected chi connectivity index (χ4v) is 3.36. The fourth-order valence-electron chi connectivity index (χ4n) is 3.36. The number of aromatic nitrogens is 3. The summed E-state index contributed by atoms with van der Waals surface area (Å²) in [5, 5.41) is 11.7. The molecule has 0 aliphatic carbocycles. The molecule has 4 rings (SSSR count). The van der Waals surface area contributed by atoms with Crippen molar-refractivity contribution in [2.75, 3.05) is 18.4 Å². The topological polar surface area (TPSA) is 74.7 Å². The van der Waals surface area contributed by atoms with Crippen LogP contribution in [0.1, 0.15) is 11.5 Å². The van der Waals surface area contributed by atoms with Crippen LogP contribution < -0.4 is 10.6 Å². The van der Waals surface area contributed by atoms with E-state index in [0.29, 0.717) is 6.54 Å². The van der Waals surface area contributed by atoms with Crippen molar-refractivity contribution < 1.29 is 4.79 Å². The highest BCUT2D eigenvalue weighted by atomic mass is 35.5. The van der Waals surface area contributed by atoms with E-state index in [2.05, 4.69) is 20.7 Å². The summed E-state index contributed by atoms with van der Waals surface area (Å²) in [5.74, 6) is 0.125. The fraction of sp³-hybridized carbons (Fsp3) is 0.294. The Morgan fingerprint density at radius 1 is 1.33 bits per heavy atom. The van der Waals surface area contributed by atoms with E-state index in [0.717, 1.165) is 28.7 Å². The average Bonchev–Trinajstić information content (AvgIpc) is 3.26. The molecule has 0 saturated carbocycles. The van der Waals surface area contributed by atoms with Crippen LogP contribution in [-0.4, -0.2) is 33.8 Å². The van der Waals surface area contributed by atoms with Gasteiger partial charge in [0.05, 0.1) is 17.8 Å². The summed E-state index contributed by atoms with van der Waals surface area (Å²) < 4.78 is 1.78. The minimum atomic E-state index is -0.0894. The van der Waals surface area contributed by atoms with Crippen LogP contribution in [-0.2, 0) is 11.8 Å². The number of nitrogens with one attached hydrogen (secondary N) is 3. The van der Waals surface area contributed by atoms with Gasteiger partial charge in [0.1, 0.15) is 0 Å². The first kappa shape index (κ1) is 16.5. The molecule has 0 unspecified atom stereocenters. The predicted molar refractivity (Wildman–Crippen MR) is 96.5 cm³/mol. The van der Waals surface area contributed by atoms with Crippen molar-refractivity contribution in [2.24, 2.45) is 13.0 Å². The number of hydrogen-bond donors (Lipinski definition) is 3. The van der Waals surface area contributed by atoms with E-state index in [1.54, 1.807) is 4.68 Å². The van der Waals surface area contributed by atoms with E-state index in [4.69, 9.17) is 0 Å². The third kappa shape index (κ3) is 2.90. The van der Waals surface area contributed by atoms with Gasteiger partial charge in [0.2, 0.25) is 5.91 Å². The molecule has 0 bridgehead atoms. The van der Waals surface area contributed by atoms with Crippen LogP contribution >= 0.6 is 12.4 Å². The number of carbonyl (C=O) groups is 1. The molecule has 2 aromatic heterocycles. The summed E-state index contributed by atoms with van der Waals surface area (Å²) in [6.07, 6.45) is 5.73. The quantitative estimate of drug-likeness (QED) is 0.681. The summed E-state index contributed by atoms with van der Waals surface area (Å²) in [5.41, 5.74) is 2.99. The number of anilines is 1. The second-order valence-corrected chi connectivity index (χ2v) is 6.05. The Balaban J connectivity index is 0.00000169. The lowest BCUT2D eigenvalue weighted by Crippen LogP contribution is -2.28. The molecule has 1 aliphatic rings. The maximum absolute atomic E-state index is 12.8. The molecule has 2 atom stereocenters. The van der Waals surface area contributed by atoms with Gasteiger partial charge >= 0.3 is 0 Å². The van der Waals surface area contributed by atoms with Gasteiger partial charge in [-0.15, -0.1) is 12.4 Å². The van der Waals surface area contributed by atoms with Crippen LogP contribution in [0.25, 0.3) is 10.9 Å². The number of aryl methyl sites for hydroxylation is 1. The van der Waals surface area contributed by atoms with E-state index in [1.807, 2.05) is 49.9 Å². The molecule has 1 saturated heterocycles. The maximum atomic E-state index is 12.8. The Morgan fingerprint density at radius 2 is 2.21 bits per heavy atom. The van der Waals surface area contributed by atoms with E-state index in [9.17, 15) is 4.79 Å². The molecule has 1 fully saturated rings. The van der Waals surface area contributed by atoms with Crippen LogP contribution in [0.2, 0.25) is 0 Å². The molecular formula is C17H20ClN5O. The largest absolute Gasteiger partial charge is 0.361 e. The van der Waals surface area contributed by atoms with Crippen LogP contribution in [0.5, 0.6) is 0 Å². The minimum absolute atomic E-state index is 0. The van der Waals surface area contributed by atoms with Gasteiger partial charge in [-0.25, -0.2) is 0 Å². The number of rotatable bonds is 3. The van der Waals surface area contributed by atoms with Gasteiger partial charge in [-0.1, -0.05) is 6.07 Å². The molecule has 3 aromatic rings. The summed E-state index contributed by atoms with van der Waals surface area (Å²) >= 11 is 0. The van der Waals surface area contributed by atoms with Crippen LogP contribution in [0.4, 0.5) is 5.69 Å². The molecule has 0 radical (unpaired) electrons. The summed E-state index contributed by atoms with van der Waals surface area (Å²) in [4.78, 5) is 15.9. The number of fused-ring (bicyclic) bond motifs is 1. The number of carbonyl (C=O) groups excluding carboxylic acids is 1. The first-order chi connectivity index (χ1) is 11.2. The van der Waals surface area contributed by atoms with Crippen molar-refractivity contribution in [1.82, 2.24) is 20.1 Å². The minimum Gasteiger partial charge on any atom is -0.361 e. The molecule has 3 heterocycles. The lowest BCUT2D eigenvalue weighted by atomic mass is 9.90. The van der Waals surface area contributed by atoms with Gasteiger partial charge in [0.25, 0.3) is 0 Å². The van der Waals surface area contributed by atoms with E-state index < -0.39 is 0 Å². The van der Waals surface area contributed by atoms with Crippen LogP contribution in [0, 0.1) is 5.92 Å². The van der Waals surface area contributed by atoms with E-state index in [1.165, 1.54) is 0 Å². The molecule has 126 valence electrons. The standard InChI is InChI=1S/C17H19N5O.ClH/c1-22-10-11(7-20-22)13-8-18-9-14(13)17(23)21-16-4-2-3-15-12(16)5-6-19-15;/h2-7,10,13-14,18-19H,8-9H2,1H3,(H,21,23);1H/t13-,14+;/m1./s1. The third-order valence-electron chi connectivity index (χ3n) is 4.56. The highest BCUT2D eigenvalue weighted by molar-refractivity contribution is 6.02. The molecule has 0 spiro atoms. The molecule has 3 N–H and O–H groups in total. The smallest absolute Gasteiger partial charge is 0.229 e. The second kappa shape index (κ2) is 6.67. The zero-order valence-corrected chi connectivity index (χ0v) is 14.1. The van der Waals surface area contributed by atoms with Crippen molar-refractivity contribution in [2.45, 2.75) is 5.92 Å². The van der Waals surface area contributed by atoms with Crippen LogP contribution in [0.15, 0.2) is 42.9 Å².